The molecule has 2 aromatic heterocycles. The van der Waals surface area contributed by atoms with Gasteiger partial charge < -0.3 is 14.4 Å². The number of carbonyl (C=O) groups is 1. The van der Waals surface area contributed by atoms with Gasteiger partial charge in [-0.3, -0.25) is 9.78 Å². The van der Waals surface area contributed by atoms with E-state index in [1.807, 2.05) is 0 Å². The Labute approximate surface area is 127 Å². The van der Waals surface area contributed by atoms with Gasteiger partial charge in [0.15, 0.2) is 11.4 Å². The molecule has 0 bridgehead atoms. The van der Waals surface area contributed by atoms with E-state index in [-0.39, 0.29) is 18.1 Å². The first-order valence-corrected chi connectivity index (χ1v) is 6.84. The number of rotatable bonds is 5. The van der Waals surface area contributed by atoms with Gasteiger partial charge in [-0.2, -0.15) is 0 Å². The summed E-state index contributed by atoms with van der Waals surface area (Å²) in [6.45, 7) is 4.17. The average molecular weight is 303 g/mol. The molecule has 0 spiro atoms. The number of aromatic hydroxyl groups is 1. The zero-order chi connectivity index (χ0) is 16.1. The molecule has 116 valence electrons. The van der Waals surface area contributed by atoms with Crippen molar-refractivity contribution < 1.29 is 14.6 Å². The largest absolute Gasteiger partial charge is 0.503 e. The number of aryl methyl sites for hydroxylation is 2. The van der Waals surface area contributed by atoms with Crippen LogP contribution < -0.4 is 5.43 Å². The summed E-state index contributed by atoms with van der Waals surface area (Å²) >= 11 is 0. The quantitative estimate of drug-likeness (QED) is 0.659. The van der Waals surface area contributed by atoms with Gasteiger partial charge in [-0.1, -0.05) is 0 Å². The second-order valence-corrected chi connectivity index (χ2v) is 4.84. The molecule has 0 atom stereocenters. The van der Waals surface area contributed by atoms with Crippen LogP contribution in [0.2, 0.25) is 0 Å². The normalized spacial score (nSPS) is 10.5. The summed E-state index contributed by atoms with van der Waals surface area (Å²) < 4.78 is 6.84. The van der Waals surface area contributed by atoms with Crippen LogP contribution in [0.15, 0.2) is 29.5 Å². The molecular formula is C15H17N3O4. The van der Waals surface area contributed by atoms with Crippen LogP contribution in [0.3, 0.4) is 0 Å². The molecule has 2 rings (SSSR count). The minimum atomic E-state index is -0.521. The van der Waals surface area contributed by atoms with Crippen LogP contribution in [0.1, 0.15) is 28.3 Å². The van der Waals surface area contributed by atoms with E-state index in [0.29, 0.717) is 18.7 Å². The summed E-state index contributed by atoms with van der Waals surface area (Å²) in [6.07, 6.45) is 5.03. The van der Waals surface area contributed by atoms with E-state index in [4.69, 9.17) is 4.74 Å². The van der Waals surface area contributed by atoms with Gasteiger partial charge in [-0.05, 0) is 20.3 Å². The highest BCUT2D eigenvalue weighted by atomic mass is 16.5. The number of pyridine rings is 1. The highest BCUT2D eigenvalue weighted by molar-refractivity contribution is 5.86. The summed E-state index contributed by atoms with van der Waals surface area (Å²) in [5.41, 5.74) is 0.981. The molecule has 0 saturated heterocycles. The lowest BCUT2D eigenvalue weighted by atomic mass is 10.3. The Morgan fingerprint density at radius 3 is 2.77 bits per heavy atom. The molecule has 0 saturated carbocycles. The fourth-order valence-electron chi connectivity index (χ4n) is 1.88. The van der Waals surface area contributed by atoms with Crippen molar-refractivity contribution in [1.29, 1.82) is 0 Å². The minimum absolute atomic E-state index is 0.169. The lowest BCUT2D eigenvalue weighted by molar-refractivity contribution is 0.0488. The van der Waals surface area contributed by atoms with Gasteiger partial charge in [0, 0.05) is 25.0 Å². The van der Waals surface area contributed by atoms with Crippen LogP contribution in [-0.4, -0.2) is 32.2 Å². The molecule has 2 aromatic rings. The van der Waals surface area contributed by atoms with Crippen molar-refractivity contribution in [1.82, 2.24) is 14.5 Å². The Hall–Kier alpha value is -2.70. The zero-order valence-corrected chi connectivity index (χ0v) is 12.4. The van der Waals surface area contributed by atoms with Gasteiger partial charge in [0.05, 0.1) is 24.2 Å². The standard InChI is InChI=1S/C15H17N3O4/c1-10-8-17-12(9-16-10)15(21)22-7-3-5-18-6-4-13(19)14(20)11(18)2/h4,6,8-9,20H,3,5,7H2,1-2H3. The predicted octanol–water partition coefficient (Wildman–Crippen LogP) is 1.21. The molecule has 2 heterocycles. The number of aromatic nitrogens is 3. The van der Waals surface area contributed by atoms with Gasteiger partial charge >= 0.3 is 5.97 Å². The Morgan fingerprint density at radius 1 is 1.32 bits per heavy atom. The summed E-state index contributed by atoms with van der Waals surface area (Å²) in [5, 5.41) is 9.57. The van der Waals surface area contributed by atoms with Crippen LogP contribution in [0, 0.1) is 13.8 Å². The third-order valence-electron chi connectivity index (χ3n) is 3.18. The van der Waals surface area contributed by atoms with E-state index in [9.17, 15) is 14.7 Å². The zero-order valence-electron chi connectivity index (χ0n) is 12.4. The van der Waals surface area contributed by atoms with Gasteiger partial charge in [-0.15, -0.1) is 0 Å². The molecule has 22 heavy (non-hydrogen) atoms. The van der Waals surface area contributed by atoms with E-state index < -0.39 is 11.4 Å². The highest BCUT2D eigenvalue weighted by Crippen LogP contribution is 2.09. The summed E-state index contributed by atoms with van der Waals surface area (Å²) in [5.74, 6) is -0.776. The molecule has 1 N–H and O–H groups in total. The molecule has 0 aliphatic rings. The van der Waals surface area contributed by atoms with E-state index in [0.717, 1.165) is 5.69 Å². The monoisotopic (exact) mass is 303 g/mol. The van der Waals surface area contributed by atoms with E-state index in [2.05, 4.69) is 9.97 Å². The van der Waals surface area contributed by atoms with Crippen LogP contribution in [0.4, 0.5) is 0 Å². The molecular weight excluding hydrogens is 286 g/mol. The number of ether oxygens (including phenoxy) is 1. The Morgan fingerprint density at radius 2 is 2.09 bits per heavy atom. The molecule has 7 heteroatoms. The van der Waals surface area contributed by atoms with Gasteiger partial charge in [0.1, 0.15) is 0 Å². The first-order chi connectivity index (χ1) is 10.5. The molecule has 0 unspecified atom stereocenters. The first-order valence-electron chi connectivity index (χ1n) is 6.84. The molecule has 0 aliphatic heterocycles. The van der Waals surface area contributed by atoms with Crippen molar-refractivity contribution in [3.05, 3.63) is 52.0 Å². The van der Waals surface area contributed by atoms with Crippen LogP contribution in [0.5, 0.6) is 5.75 Å². The average Bonchev–Trinajstić information content (AvgIpc) is 2.51. The van der Waals surface area contributed by atoms with Crippen molar-refractivity contribution in [3.8, 4) is 5.75 Å². The maximum absolute atomic E-state index is 11.7. The minimum Gasteiger partial charge on any atom is -0.503 e. The molecule has 0 aromatic carbocycles. The van der Waals surface area contributed by atoms with Gasteiger partial charge in [0.2, 0.25) is 5.43 Å². The van der Waals surface area contributed by atoms with E-state index in [1.54, 1.807) is 24.6 Å². The number of hydrogen-bond acceptors (Lipinski definition) is 6. The Balaban J connectivity index is 1.85. The smallest absolute Gasteiger partial charge is 0.358 e. The second-order valence-electron chi connectivity index (χ2n) is 4.84. The van der Waals surface area contributed by atoms with Crippen molar-refractivity contribution in [2.75, 3.05) is 6.61 Å². The van der Waals surface area contributed by atoms with Crippen molar-refractivity contribution >= 4 is 5.97 Å². The third kappa shape index (κ3) is 3.69. The lowest BCUT2D eigenvalue weighted by Crippen LogP contribution is -2.13. The van der Waals surface area contributed by atoms with Gasteiger partial charge in [-0.25, -0.2) is 9.78 Å². The van der Waals surface area contributed by atoms with Crippen molar-refractivity contribution in [3.63, 3.8) is 0 Å². The molecule has 0 radical (unpaired) electrons. The highest BCUT2D eigenvalue weighted by Gasteiger charge is 2.09. The fraction of sp³-hybridized carbons (Fsp3) is 0.333. The predicted molar refractivity (Wildman–Crippen MR) is 78.8 cm³/mol. The number of esters is 1. The van der Waals surface area contributed by atoms with Crippen LogP contribution >= 0.6 is 0 Å². The van der Waals surface area contributed by atoms with Crippen LogP contribution in [0.25, 0.3) is 0 Å². The topological polar surface area (TPSA) is 94.3 Å². The number of hydrogen-bond donors (Lipinski definition) is 1. The molecule has 0 aliphatic carbocycles. The maximum Gasteiger partial charge on any atom is 0.358 e. The number of carbonyl (C=O) groups excluding carboxylic acids is 1. The Kier molecular flexibility index (Phi) is 4.88. The number of nitrogens with zero attached hydrogens (tertiary/aromatic N) is 3. The van der Waals surface area contributed by atoms with Crippen molar-refractivity contribution in [2.24, 2.45) is 0 Å². The maximum atomic E-state index is 11.7. The summed E-state index contributed by atoms with van der Waals surface area (Å²) in [6, 6.07) is 1.30. The van der Waals surface area contributed by atoms with Gasteiger partial charge in [0.25, 0.3) is 0 Å². The lowest BCUT2D eigenvalue weighted by Gasteiger charge is -2.11. The summed E-state index contributed by atoms with van der Waals surface area (Å²) in [7, 11) is 0. The van der Waals surface area contributed by atoms with Crippen LogP contribution in [-0.2, 0) is 11.3 Å². The molecule has 0 fully saturated rings. The molecule has 0 amide bonds. The SMILES string of the molecule is Cc1cnc(C(=O)OCCCn2ccc(=O)c(O)c2C)cn1. The van der Waals surface area contributed by atoms with Crippen molar-refractivity contribution in [2.45, 2.75) is 26.8 Å². The fourth-order valence-corrected chi connectivity index (χ4v) is 1.88. The van der Waals surface area contributed by atoms with E-state index in [1.165, 1.54) is 18.5 Å². The van der Waals surface area contributed by atoms with E-state index >= 15 is 0 Å². The third-order valence-corrected chi connectivity index (χ3v) is 3.18. The first kappa shape index (κ1) is 15.7. The summed E-state index contributed by atoms with van der Waals surface area (Å²) in [4.78, 5) is 30.9. The molecule has 7 nitrogen and oxygen atoms in total. The second kappa shape index (κ2) is 6.84. The Bertz CT molecular complexity index is 723.